The van der Waals surface area contributed by atoms with Gasteiger partial charge in [-0.15, -0.1) is 11.3 Å². The van der Waals surface area contributed by atoms with Gasteiger partial charge in [0.05, 0.1) is 71.6 Å². The standard InChI is InChI=1S/C75H50N6S/c1-5-46(48-39-38-44(48)3)45(4)47(6-2)56-29-21-36-67-69(56)58-41-40-57-55-28-13-20-37-68(55)82-75(57)73(58)81(67)74-71(79-63-32-16-9-24-51(63)52-25-10-17-33-64(52)79)59(42-76)70(78-61-30-14-7-22-49(61)50-23-8-15-31-62(50)78)60(43-77)72(74)80-65-34-18-11-26-53(65)54-27-12-19-35-66(54)80/h6-41,44H,2,5H2,1,3-4H3/b47-45+,48-46-. The normalized spacial score (nSPS) is 14.5. The third-order valence-electron chi connectivity index (χ3n) is 17.7. The predicted octanol–water partition coefficient (Wildman–Crippen LogP) is 20.1. The zero-order valence-electron chi connectivity index (χ0n) is 45.4. The first kappa shape index (κ1) is 47.6. The van der Waals surface area contributed by atoms with E-state index in [-0.39, 0.29) is 0 Å². The minimum Gasteiger partial charge on any atom is -0.306 e. The van der Waals surface area contributed by atoms with Crippen LogP contribution in [-0.4, -0.2) is 18.3 Å². The molecule has 0 bridgehead atoms. The molecule has 386 valence electrons. The molecule has 82 heavy (non-hydrogen) atoms. The van der Waals surface area contributed by atoms with E-state index >= 15 is 0 Å². The number of aromatic nitrogens is 4. The Hall–Kier alpha value is -10.4. The molecule has 0 N–H and O–H groups in total. The monoisotopic (exact) mass is 1070 g/mol. The molecule has 7 heteroatoms. The number of para-hydroxylation sites is 6. The van der Waals surface area contributed by atoms with Gasteiger partial charge in [-0.2, -0.15) is 10.5 Å². The molecule has 0 fully saturated rings. The number of hydrogen-bond donors (Lipinski definition) is 0. The first-order chi connectivity index (χ1) is 40.4. The summed E-state index contributed by atoms with van der Waals surface area (Å²) in [5.41, 5.74) is 16.8. The topological polar surface area (TPSA) is 67.3 Å². The molecule has 0 aliphatic heterocycles. The number of thiophene rings is 1. The quantitative estimate of drug-likeness (QED) is 0.142. The Morgan fingerprint density at radius 1 is 0.488 bits per heavy atom. The molecular weight excluding hydrogens is 1020 g/mol. The molecule has 15 aromatic rings. The van der Waals surface area contributed by atoms with Crippen LogP contribution in [0.4, 0.5) is 0 Å². The van der Waals surface area contributed by atoms with Gasteiger partial charge >= 0.3 is 0 Å². The number of nitrogens with zero attached hydrogens (tertiary/aromatic N) is 6. The van der Waals surface area contributed by atoms with Crippen LogP contribution in [-0.2, 0) is 0 Å². The Balaban J connectivity index is 1.23. The molecule has 0 radical (unpaired) electrons. The molecule has 10 aromatic carbocycles. The van der Waals surface area contributed by atoms with Crippen molar-refractivity contribution in [2.24, 2.45) is 5.92 Å². The van der Waals surface area contributed by atoms with E-state index in [0.29, 0.717) is 39.8 Å². The molecule has 1 unspecified atom stereocenters. The number of nitriles is 2. The molecule has 5 aromatic heterocycles. The highest BCUT2D eigenvalue weighted by molar-refractivity contribution is 7.26. The molecule has 16 rings (SSSR count). The lowest BCUT2D eigenvalue weighted by Gasteiger charge is -2.27. The average Bonchev–Trinajstić information content (AvgIpc) is 3.59. The maximum Gasteiger partial charge on any atom is 0.104 e. The lowest BCUT2D eigenvalue weighted by Crippen LogP contribution is -2.17. The van der Waals surface area contributed by atoms with Crippen LogP contribution >= 0.6 is 11.3 Å². The van der Waals surface area contributed by atoms with Crippen LogP contribution in [0.2, 0.25) is 0 Å². The molecule has 0 amide bonds. The van der Waals surface area contributed by atoms with Crippen LogP contribution in [0.15, 0.2) is 242 Å². The maximum atomic E-state index is 12.7. The average molecular weight is 1070 g/mol. The Bertz CT molecular complexity index is 5210. The lowest BCUT2D eigenvalue weighted by atomic mass is 9.81. The van der Waals surface area contributed by atoms with Crippen molar-refractivity contribution in [2.75, 3.05) is 0 Å². The van der Waals surface area contributed by atoms with Crippen LogP contribution in [0.3, 0.4) is 0 Å². The van der Waals surface area contributed by atoms with Gasteiger partial charge in [-0.05, 0) is 95.6 Å². The van der Waals surface area contributed by atoms with Gasteiger partial charge in [-0.1, -0.05) is 190 Å². The largest absolute Gasteiger partial charge is 0.306 e. The fraction of sp³-hybridized carbons (Fsp3) is 0.0667. The number of rotatable bonds is 8. The van der Waals surface area contributed by atoms with E-state index in [1.165, 1.54) is 26.8 Å². The summed E-state index contributed by atoms with van der Waals surface area (Å²) in [5, 5.41) is 36.2. The minimum absolute atomic E-state index is 0.364. The van der Waals surface area contributed by atoms with Crippen LogP contribution in [0, 0.1) is 28.6 Å². The number of allylic oxidation sites excluding steroid dienone is 7. The minimum atomic E-state index is 0.364. The zero-order valence-corrected chi connectivity index (χ0v) is 46.2. The van der Waals surface area contributed by atoms with Gasteiger partial charge < -0.3 is 18.3 Å². The Morgan fingerprint density at radius 2 is 0.915 bits per heavy atom. The highest BCUT2D eigenvalue weighted by Gasteiger charge is 2.35. The van der Waals surface area contributed by atoms with E-state index < -0.39 is 0 Å². The van der Waals surface area contributed by atoms with Crippen LogP contribution in [0.5, 0.6) is 0 Å². The van der Waals surface area contributed by atoms with Crippen molar-refractivity contribution in [1.82, 2.24) is 18.3 Å². The predicted molar refractivity (Wildman–Crippen MR) is 345 cm³/mol. The molecule has 6 nitrogen and oxygen atoms in total. The number of benzene rings is 10. The molecule has 1 aliphatic rings. The molecule has 1 atom stereocenters. The first-order valence-corrected chi connectivity index (χ1v) is 28.9. The lowest BCUT2D eigenvalue weighted by molar-refractivity contribution is 0.810. The summed E-state index contributed by atoms with van der Waals surface area (Å²) in [7, 11) is 0. The number of hydrogen-bond acceptors (Lipinski definition) is 3. The summed E-state index contributed by atoms with van der Waals surface area (Å²) in [6, 6.07) is 76.8. The molecule has 0 saturated carbocycles. The van der Waals surface area contributed by atoms with E-state index in [9.17, 15) is 10.5 Å². The SMILES string of the molecule is C=C/C(=C(C)\C(CC)=C1\C=CC1C)c1cccc2c1c1ccc3c4ccccc4sc3c1n2-c1c(-n2c3ccccc3c3ccccc32)c(C#N)c(-n2c3ccccc3c3ccccc32)c(C#N)c1-n1c2ccccc2c2ccccc21. The second-order valence-corrected chi connectivity index (χ2v) is 22.7. The van der Waals surface area contributed by atoms with Gasteiger partial charge in [0.25, 0.3) is 0 Å². The first-order valence-electron chi connectivity index (χ1n) is 28.1. The Kier molecular flexibility index (Phi) is 10.5. The third kappa shape index (κ3) is 6.37. The summed E-state index contributed by atoms with van der Waals surface area (Å²) in [5.74, 6) is 0.364. The Labute approximate surface area is 476 Å². The van der Waals surface area contributed by atoms with Crippen molar-refractivity contribution in [3.8, 4) is 34.9 Å². The molecule has 1 aliphatic carbocycles. The van der Waals surface area contributed by atoms with E-state index in [1.807, 2.05) is 6.08 Å². The van der Waals surface area contributed by atoms with Gasteiger partial charge in [0.2, 0.25) is 0 Å². The van der Waals surface area contributed by atoms with Crippen LogP contribution in [0.25, 0.3) is 136 Å². The second-order valence-electron chi connectivity index (χ2n) is 21.6. The van der Waals surface area contributed by atoms with Gasteiger partial charge in [0.1, 0.15) is 23.3 Å². The van der Waals surface area contributed by atoms with Crippen molar-refractivity contribution in [2.45, 2.75) is 27.2 Å². The fourth-order valence-electron chi connectivity index (χ4n) is 14.1. The maximum absolute atomic E-state index is 12.7. The Morgan fingerprint density at radius 3 is 1.34 bits per heavy atom. The van der Waals surface area contributed by atoms with Crippen molar-refractivity contribution >= 4 is 124 Å². The summed E-state index contributed by atoms with van der Waals surface area (Å²) < 4.78 is 11.6. The van der Waals surface area contributed by atoms with Gasteiger partial charge in [-0.3, -0.25) is 0 Å². The van der Waals surface area contributed by atoms with E-state index in [0.717, 1.165) is 115 Å². The molecule has 5 heterocycles. The van der Waals surface area contributed by atoms with Crippen LogP contribution < -0.4 is 0 Å². The summed E-state index contributed by atoms with van der Waals surface area (Å²) in [4.78, 5) is 0. The van der Waals surface area contributed by atoms with Crippen molar-refractivity contribution in [1.29, 1.82) is 10.5 Å². The van der Waals surface area contributed by atoms with E-state index in [4.69, 9.17) is 0 Å². The fourth-order valence-corrected chi connectivity index (χ4v) is 15.4. The van der Waals surface area contributed by atoms with Crippen molar-refractivity contribution < 1.29 is 0 Å². The molecular formula is C75H50N6S. The van der Waals surface area contributed by atoms with Crippen molar-refractivity contribution in [3.63, 3.8) is 0 Å². The van der Waals surface area contributed by atoms with Gasteiger partial charge in [0.15, 0.2) is 0 Å². The summed E-state index contributed by atoms with van der Waals surface area (Å²) in [6.45, 7) is 11.4. The molecule has 0 spiro atoms. The molecule has 0 saturated heterocycles. The smallest absolute Gasteiger partial charge is 0.104 e. The van der Waals surface area contributed by atoms with Gasteiger partial charge in [-0.25, -0.2) is 0 Å². The van der Waals surface area contributed by atoms with Gasteiger partial charge in [0, 0.05) is 58.6 Å². The van der Waals surface area contributed by atoms with E-state index in [2.05, 4.69) is 270 Å². The second kappa shape index (κ2) is 18.0. The van der Waals surface area contributed by atoms with E-state index in [1.54, 1.807) is 11.3 Å². The third-order valence-corrected chi connectivity index (χ3v) is 18.9. The van der Waals surface area contributed by atoms with Crippen molar-refractivity contribution in [3.05, 3.63) is 258 Å². The van der Waals surface area contributed by atoms with Crippen LogP contribution in [0.1, 0.15) is 43.9 Å². The summed E-state index contributed by atoms with van der Waals surface area (Å²) in [6.07, 6.45) is 7.47. The number of fused-ring (bicyclic) bond motifs is 16. The zero-order chi connectivity index (χ0) is 55.1. The highest BCUT2D eigenvalue weighted by atomic mass is 32.1. The summed E-state index contributed by atoms with van der Waals surface area (Å²) >= 11 is 1.79. The highest BCUT2D eigenvalue weighted by Crippen LogP contribution is 2.52.